The molecule has 0 aliphatic carbocycles. The molecule has 1 aromatic heterocycles. The Morgan fingerprint density at radius 3 is 2.75 bits per heavy atom. The third-order valence-corrected chi connectivity index (χ3v) is 2.48. The van der Waals surface area contributed by atoms with Gasteiger partial charge >= 0.3 is 0 Å². The third-order valence-electron chi connectivity index (χ3n) is 2.48. The Morgan fingerprint density at radius 1 is 1.38 bits per heavy atom. The summed E-state index contributed by atoms with van der Waals surface area (Å²) in [5.74, 6) is 0. The van der Waals surface area contributed by atoms with Crippen LogP contribution in [0, 0.1) is 10.1 Å². The molecule has 0 bridgehead atoms. The summed E-state index contributed by atoms with van der Waals surface area (Å²) in [5.41, 5.74) is 0.676. The second-order valence-corrected chi connectivity index (χ2v) is 3.53. The number of aromatic nitrogens is 1. The SMILES string of the molecule is CC(O)c1ccc([N+](=O)[O-])c2ccncc12. The zero-order chi connectivity index (χ0) is 11.7. The molecule has 0 radical (unpaired) electrons. The molecule has 2 rings (SSSR count). The van der Waals surface area contributed by atoms with E-state index in [1.807, 2.05) is 0 Å². The Hall–Kier alpha value is -2.01. The average molecular weight is 218 g/mol. The molecule has 0 amide bonds. The number of fused-ring (bicyclic) bond motifs is 1. The number of aliphatic hydroxyl groups excluding tert-OH is 1. The van der Waals surface area contributed by atoms with E-state index in [-0.39, 0.29) is 5.69 Å². The lowest BCUT2D eigenvalue weighted by Crippen LogP contribution is -1.96. The maximum absolute atomic E-state index is 10.8. The van der Waals surface area contributed by atoms with Crippen LogP contribution in [0.5, 0.6) is 0 Å². The summed E-state index contributed by atoms with van der Waals surface area (Å²) < 4.78 is 0. The molecule has 1 unspecified atom stereocenters. The van der Waals surface area contributed by atoms with Gasteiger partial charge in [0.2, 0.25) is 0 Å². The van der Waals surface area contributed by atoms with Crippen molar-refractivity contribution in [2.24, 2.45) is 0 Å². The molecule has 0 fully saturated rings. The van der Waals surface area contributed by atoms with E-state index in [0.717, 1.165) is 0 Å². The number of aliphatic hydroxyl groups is 1. The zero-order valence-corrected chi connectivity index (χ0v) is 8.62. The van der Waals surface area contributed by atoms with Crippen LogP contribution < -0.4 is 0 Å². The number of benzene rings is 1. The maximum Gasteiger partial charge on any atom is 0.277 e. The smallest absolute Gasteiger partial charge is 0.277 e. The fourth-order valence-electron chi connectivity index (χ4n) is 1.72. The molecule has 0 saturated carbocycles. The van der Waals surface area contributed by atoms with E-state index in [4.69, 9.17) is 0 Å². The first-order valence-corrected chi connectivity index (χ1v) is 4.80. The van der Waals surface area contributed by atoms with Crippen molar-refractivity contribution in [2.75, 3.05) is 0 Å². The van der Waals surface area contributed by atoms with Crippen LogP contribution in [0.25, 0.3) is 10.8 Å². The Morgan fingerprint density at radius 2 is 2.12 bits per heavy atom. The molecular weight excluding hydrogens is 208 g/mol. The van der Waals surface area contributed by atoms with Gasteiger partial charge in [-0.2, -0.15) is 0 Å². The Kier molecular flexibility index (Phi) is 2.54. The van der Waals surface area contributed by atoms with Crippen LogP contribution in [0.3, 0.4) is 0 Å². The van der Waals surface area contributed by atoms with Crippen molar-refractivity contribution in [1.29, 1.82) is 0 Å². The summed E-state index contributed by atoms with van der Waals surface area (Å²) in [5, 5.41) is 21.5. The van der Waals surface area contributed by atoms with Gasteiger partial charge in [0.05, 0.1) is 16.4 Å². The standard InChI is InChI=1S/C11H10N2O3/c1-7(14)8-2-3-11(13(15)16)9-4-5-12-6-10(8)9/h2-7,14H,1H3. The van der Waals surface area contributed by atoms with Crippen molar-refractivity contribution in [1.82, 2.24) is 4.98 Å². The van der Waals surface area contributed by atoms with Crippen molar-refractivity contribution < 1.29 is 10.0 Å². The summed E-state index contributed by atoms with van der Waals surface area (Å²) >= 11 is 0. The van der Waals surface area contributed by atoms with Gasteiger partial charge in [0, 0.05) is 23.8 Å². The molecule has 2 aromatic rings. The van der Waals surface area contributed by atoms with Crippen molar-refractivity contribution in [3.63, 3.8) is 0 Å². The maximum atomic E-state index is 10.8. The first kappa shape index (κ1) is 10.5. The second-order valence-electron chi connectivity index (χ2n) is 3.53. The van der Waals surface area contributed by atoms with E-state index in [2.05, 4.69) is 4.98 Å². The van der Waals surface area contributed by atoms with Gasteiger partial charge in [-0.05, 0) is 24.6 Å². The number of rotatable bonds is 2. The van der Waals surface area contributed by atoms with Crippen LogP contribution in [0.4, 0.5) is 5.69 Å². The minimum atomic E-state index is -0.674. The molecule has 16 heavy (non-hydrogen) atoms. The highest BCUT2D eigenvalue weighted by Gasteiger charge is 2.15. The van der Waals surface area contributed by atoms with Gasteiger partial charge in [0.25, 0.3) is 5.69 Å². The van der Waals surface area contributed by atoms with Crippen LogP contribution >= 0.6 is 0 Å². The number of hydrogen-bond donors (Lipinski definition) is 1. The molecule has 0 aliphatic heterocycles. The summed E-state index contributed by atoms with van der Waals surface area (Å²) in [4.78, 5) is 14.3. The van der Waals surface area contributed by atoms with Crippen LogP contribution in [0.2, 0.25) is 0 Å². The zero-order valence-electron chi connectivity index (χ0n) is 8.62. The quantitative estimate of drug-likeness (QED) is 0.619. The molecule has 1 N–H and O–H groups in total. The van der Waals surface area contributed by atoms with E-state index in [1.54, 1.807) is 19.1 Å². The minimum Gasteiger partial charge on any atom is -0.389 e. The molecule has 1 heterocycles. The first-order chi connectivity index (χ1) is 7.61. The van der Waals surface area contributed by atoms with Crippen molar-refractivity contribution in [3.8, 4) is 0 Å². The minimum absolute atomic E-state index is 0.0294. The van der Waals surface area contributed by atoms with Crippen LogP contribution in [-0.4, -0.2) is 15.0 Å². The predicted octanol–water partition coefficient (Wildman–Crippen LogP) is 2.20. The number of pyridine rings is 1. The number of hydrogen-bond acceptors (Lipinski definition) is 4. The highest BCUT2D eigenvalue weighted by atomic mass is 16.6. The highest BCUT2D eigenvalue weighted by Crippen LogP contribution is 2.30. The fourth-order valence-corrected chi connectivity index (χ4v) is 1.72. The average Bonchev–Trinajstić information content (AvgIpc) is 2.27. The lowest BCUT2D eigenvalue weighted by Gasteiger charge is -2.08. The molecular formula is C11H10N2O3. The molecule has 0 aliphatic rings. The molecule has 5 heteroatoms. The lowest BCUT2D eigenvalue weighted by atomic mass is 10.0. The van der Waals surface area contributed by atoms with Crippen molar-refractivity contribution in [2.45, 2.75) is 13.0 Å². The molecule has 1 atom stereocenters. The first-order valence-electron chi connectivity index (χ1n) is 4.80. The third kappa shape index (κ3) is 1.61. The van der Waals surface area contributed by atoms with Crippen molar-refractivity contribution in [3.05, 3.63) is 46.3 Å². The van der Waals surface area contributed by atoms with E-state index in [9.17, 15) is 15.2 Å². The van der Waals surface area contributed by atoms with Crippen molar-refractivity contribution >= 4 is 16.5 Å². The van der Waals surface area contributed by atoms with Gasteiger partial charge in [0.1, 0.15) is 0 Å². The molecule has 0 spiro atoms. The molecule has 0 saturated heterocycles. The van der Waals surface area contributed by atoms with Crippen LogP contribution in [0.1, 0.15) is 18.6 Å². The van der Waals surface area contributed by atoms with Gasteiger partial charge < -0.3 is 5.11 Å². The Bertz CT molecular complexity index is 552. The topological polar surface area (TPSA) is 76.3 Å². The van der Waals surface area contributed by atoms with Crippen LogP contribution in [-0.2, 0) is 0 Å². The molecule has 82 valence electrons. The predicted molar refractivity (Wildman–Crippen MR) is 59.0 cm³/mol. The summed E-state index contributed by atoms with van der Waals surface area (Å²) in [6.07, 6.45) is 2.36. The van der Waals surface area contributed by atoms with Crippen LogP contribution in [0.15, 0.2) is 30.6 Å². The van der Waals surface area contributed by atoms with E-state index < -0.39 is 11.0 Å². The Balaban J connectivity index is 2.82. The van der Waals surface area contributed by atoms with Gasteiger partial charge in [-0.15, -0.1) is 0 Å². The second kappa shape index (κ2) is 3.86. The highest BCUT2D eigenvalue weighted by molar-refractivity contribution is 5.92. The molecule has 5 nitrogen and oxygen atoms in total. The number of non-ortho nitro benzene ring substituents is 1. The largest absolute Gasteiger partial charge is 0.389 e. The van der Waals surface area contributed by atoms with Gasteiger partial charge in [-0.3, -0.25) is 15.1 Å². The van der Waals surface area contributed by atoms with Gasteiger partial charge in [-0.25, -0.2) is 0 Å². The summed E-state index contributed by atoms with van der Waals surface area (Å²) in [6, 6.07) is 4.55. The van der Waals surface area contributed by atoms with Gasteiger partial charge in [-0.1, -0.05) is 0 Å². The normalized spacial score (nSPS) is 12.6. The Labute approximate surface area is 91.5 Å². The lowest BCUT2D eigenvalue weighted by molar-refractivity contribution is -0.383. The number of nitro benzene ring substituents is 1. The number of nitrogens with zero attached hydrogens (tertiary/aromatic N) is 2. The van der Waals surface area contributed by atoms with E-state index >= 15 is 0 Å². The van der Waals surface area contributed by atoms with E-state index in [1.165, 1.54) is 18.5 Å². The van der Waals surface area contributed by atoms with Gasteiger partial charge in [0.15, 0.2) is 0 Å². The summed E-state index contributed by atoms with van der Waals surface area (Å²) in [7, 11) is 0. The monoisotopic (exact) mass is 218 g/mol. The number of nitro groups is 1. The van der Waals surface area contributed by atoms with E-state index in [0.29, 0.717) is 16.3 Å². The molecule has 1 aromatic carbocycles. The summed E-state index contributed by atoms with van der Waals surface area (Å²) in [6.45, 7) is 1.62. The fraction of sp³-hybridized carbons (Fsp3) is 0.182.